The second-order valence-corrected chi connectivity index (χ2v) is 3.71. The minimum Gasteiger partial charge on any atom is -0.383 e. The van der Waals surface area contributed by atoms with Gasteiger partial charge in [0.25, 0.3) is 0 Å². The number of rotatable bonds is 4. The van der Waals surface area contributed by atoms with Crippen LogP contribution in [0.4, 0.5) is 10.8 Å². The molecular formula is C8H14N4OS. The van der Waals surface area contributed by atoms with Gasteiger partial charge in [-0.05, 0) is 18.5 Å². The van der Waals surface area contributed by atoms with Crippen molar-refractivity contribution in [3.8, 4) is 0 Å². The molecule has 0 saturated heterocycles. The summed E-state index contributed by atoms with van der Waals surface area (Å²) >= 11 is 1.34. The zero-order valence-electron chi connectivity index (χ0n) is 8.26. The molecule has 0 saturated carbocycles. The molecule has 6 heteroatoms. The van der Waals surface area contributed by atoms with Crippen molar-refractivity contribution in [1.82, 2.24) is 9.69 Å². The Morgan fingerprint density at radius 3 is 2.79 bits per heavy atom. The smallest absolute Gasteiger partial charge is 0.216 e. The Morgan fingerprint density at radius 1 is 1.57 bits per heavy atom. The lowest BCUT2D eigenvalue weighted by atomic mass is 10.3. The largest absolute Gasteiger partial charge is 0.383 e. The first-order valence-electron chi connectivity index (χ1n) is 4.31. The third-order valence-electron chi connectivity index (χ3n) is 1.74. The molecule has 0 aromatic carbocycles. The first-order chi connectivity index (χ1) is 6.61. The van der Waals surface area contributed by atoms with Crippen molar-refractivity contribution in [2.75, 3.05) is 24.1 Å². The van der Waals surface area contributed by atoms with Crippen LogP contribution in [0.5, 0.6) is 0 Å². The number of nitrogens with one attached hydrogen (secondary N) is 2. The van der Waals surface area contributed by atoms with Gasteiger partial charge in [-0.25, -0.2) is 0 Å². The molecule has 0 aliphatic rings. The lowest BCUT2D eigenvalue weighted by Gasteiger charge is -2.04. The predicted molar refractivity (Wildman–Crippen MR) is 58.4 cm³/mol. The Kier molecular flexibility index (Phi) is 3.70. The maximum atomic E-state index is 10.6. The van der Waals surface area contributed by atoms with Gasteiger partial charge in [0.05, 0.1) is 0 Å². The molecular weight excluding hydrogens is 200 g/mol. The topological polar surface area (TPSA) is 80.0 Å². The summed E-state index contributed by atoms with van der Waals surface area (Å²) in [6, 6.07) is 0. The number of carbonyl (C=O) groups excluding carboxylic acids is 1. The number of hydrogen-bond donors (Lipinski definition) is 3. The number of nitrogens with two attached hydrogens (primary N) is 1. The molecule has 1 heterocycles. The SMILES string of the molecule is CC(=O)NCCNc1snc(N)c1C. The van der Waals surface area contributed by atoms with Crippen LogP contribution in [0.15, 0.2) is 0 Å². The van der Waals surface area contributed by atoms with Gasteiger partial charge in [0.15, 0.2) is 0 Å². The summed E-state index contributed by atoms with van der Waals surface area (Å²) in [5, 5.41) is 6.81. The predicted octanol–water partition coefficient (Wildman–Crippen LogP) is 0.582. The zero-order valence-corrected chi connectivity index (χ0v) is 9.07. The Balaban J connectivity index is 2.31. The lowest BCUT2D eigenvalue weighted by molar-refractivity contribution is -0.118. The molecule has 0 bridgehead atoms. The van der Waals surface area contributed by atoms with Gasteiger partial charge in [-0.1, -0.05) is 0 Å². The normalized spacial score (nSPS) is 9.86. The molecule has 0 aliphatic heterocycles. The van der Waals surface area contributed by atoms with Crippen LogP contribution in [0.25, 0.3) is 0 Å². The molecule has 0 atom stereocenters. The van der Waals surface area contributed by atoms with E-state index in [0.29, 0.717) is 18.9 Å². The third-order valence-corrected chi connectivity index (χ3v) is 2.67. The fourth-order valence-corrected chi connectivity index (χ4v) is 1.66. The number of anilines is 2. The van der Waals surface area contributed by atoms with Crippen LogP contribution in [-0.4, -0.2) is 23.4 Å². The van der Waals surface area contributed by atoms with Crippen LogP contribution < -0.4 is 16.4 Å². The number of aromatic nitrogens is 1. The van der Waals surface area contributed by atoms with Crippen LogP contribution in [0.1, 0.15) is 12.5 Å². The molecule has 4 N–H and O–H groups in total. The Hall–Kier alpha value is -1.30. The van der Waals surface area contributed by atoms with E-state index in [-0.39, 0.29) is 5.91 Å². The molecule has 1 rings (SSSR count). The van der Waals surface area contributed by atoms with Gasteiger partial charge in [0.1, 0.15) is 10.8 Å². The van der Waals surface area contributed by atoms with E-state index >= 15 is 0 Å². The van der Waals surface area contributed by atoms with E-state index in [2.05, 4.69) is 15.0 Å². The molecule has 14 heavy (non-hydrogen) atoms. The van der Waals surface area contributed by atoms with E-state index in [4.69, 9.17) is 5.73 Å². The maximum Gasteiger partial charge on any atom is 0.216 e. The second kappa shape index (κ2) is 4.80. The van der Waals surface area contributed by atoms with Crippen LogP contribution >= 0.6 is 11.5 Å². The lowest BCUT2D eigenvalue weighted by Crippen LogP contribution is -2.26. The highest BCUT2D eigenvalue weighted by molar-refractivity contribution is 7.10. The highest BCUT2D eigenvalue weighted by atomic mass is 32.1. The summed E-state index contributed by atoms with van der Waals surface area (Å²) in [4.78, 5) is 10.6. The summed E-state index contributed by atoms with van der Waals surface area (Å²) in [5.41, 5.74) is 6.55. The molecule has 78 valence electrons. The van der Waals surface area contributed by atoms with Crippen molar-refractivity contribution >= 4 is 28.3 Å². The van der Waals surface area contributed by atoms with E-state index in [1.165, 1.54) is 18.5 Å². The Morgan fingerprint density at radius 2 is 2.29 bits per heavy atom. The first kappa shape index (κ1) is 10.8. The average Bonchev–Trinajstić information content (AvgIpc) is 2.43. The van der Waals surface area contributed by atoms with E-state index in [1.807, 2.05) is 6.92 Å². The first-order valence-corrected chi connectivity index (χ1v) is 5.08. The monoisotopic (exact) mass is 214 g/mol. The van der Waals surface area contributed by atoms with E-state index in [0.717, 1.165) is 10.6 Å². The maximum absolute atomic E-state index is 10.6. The quantitative estimate of drug-likeness (QED) is 0.641. The van der Waals surface area contributed by atoms with Crippen molar-refractivity contribution in [3.05, 3.63) is 5.56 Å². The Bertz CT molecular complexity index is 323. The van der Waals surface area contributed by atoms with Gasteiger partial charge in [-0.2, -0.15) is 4.37 Å². The van der Waals surface area contributed by atoms with Gasteiger partial charge in [-0.3, -0.25) is 4.79 Å². The molecule has 1 aromatic heterocycles. The molecule has 0 unspecified atom stereocenters. The zero-order chi connectivity index (χ0) is 10.6. The fourth-order valence-electron chi connectivity index (χ4n) is 0.927. The van der Waals surface area contributed by atoms with Crippen molar-refractivity contribution in [1.29, 1.82) is 0 Å². The molecule has 5 nitrogen and oxygen atoms in total. The molecule has 1 amide bonds. The number of nitrogens with zero attached hydrogens (tertiary/aromatic N) is 1. The second-order valence-electron chi connectivity index (χ2n) is 2.93. The van der Waals surface area contributed by atoms with Crippen LogP contribution in [0, 0.1) is 6.92 Å². The van der Waals surface area contributed by atoms with Gasteiger partial charge in [0.2, 0.25) is 5.91 Å². The van der Waals surface area contributed by atoms with E-state index in [1.54, 1.807) is 0 Å². The minimum absolute atomic E-state index is 0.0210. The molecule has 0 radical (unpaired) electrons. The van der Waals surface area contributed by atoms with Crippen molar-refractivity contribution < 1.29 is 4.79 Å². The van der Waals surface area contributed by atoms with Gasteiger partial charge in [0, 0.05) is 25.6 Å². The van der Waals surface area contributed by atoms with Gasteiger partial charge in [-0.15, -0.1) is 0 Å². The number of carbonyl (C=O) groups is 1. The number of nitrogen functional groups attached to an aromatic ring is 1. The van der Waals surface area contributed by atoms with Crippen molar-refractivity contribution in [3.63, 3.8) is 0 Å². The summed E-state index contributed by atoms with van der Waals surface area (Å²) in [6.45, 7) is 4.70. The van der Waals surface area contributed by atoms with E-state index in [9.17, 15) is 4.79 Å². The standard InChI is InChI=1S/C8H14N4OS/c1-5-7(9)12-14-8(5)11-4-3-10-6(2)13/h11H,3-4H2,1-2H3,(H2,9,12)(H,10,13). The van der Waals surface area contributed by atoms with E-state index < -0.39 is 0 Å². The van der Waals surface area contributed by atoms with Crippen molar-refractivity contribution in [2.45, 2.75) is 13.8 Å². The fraction of sp³-hybridized carbons (Fsp3) is 0.500. The van der Waals surface area contributed by atoms with Gasteiger partial charge >= 0.3 is 0 Å². The molecule has 0 aliphatic carbocycles. The molecule has 0 spiro atoms. The molecule has 1 aromatic rings. The Labute approximate surface area is 86.9 Å². The van der Waals surface area contributed by atoms with Crippen LogP contribution in [0.2, 0.25) is 0 Å². The highest BCUT2D eigenvalue weighted by Gasteiger charge is 2.04. The number of amides is 1. The molecule has 0 fully saturated rings. The summed E-state index contributed by atoms with van der Waals surface area (Å²) in [7, 11) is 0. The van der Waals surface area contributed by atoms with Gasteiger partial charge < -0.3 is 16.4 Å². The van der Waals surface area contributed by atoms with Crippen LogP contribution in [-0.2, 0) is 4.79 Å². The average molecular weight is 214 g/mol. The minimum atomic E-state index is -0.0210. The van der Waals surface area contributed by atoms with Crippen LogP contribution in [0.3, 0.4) is 0 Å². The number of hydrogen-bond acceptors (Lipinski definition) is 5. The summed E-state index contributed by atoms with van der Waals surface area (Å²) < 4.78 is 4.00. The summed E-state index contributed by atoms with van der Waals surface area (Å²) in [6.07, 6.45) is 0. The summed E-state index contributed by atoms with van der Waals surface area (Å²) in [5.74, 6) is 0.546. The van der Waals surface area contributed by atoms with Crippen molar-refractivity contribution in [2.24, 2.45) is 0 Å². The third kappa shape index (κ3) is 2.88. The highest BCUT2D eigenvalue weighted by Crippen LogP contribution is 2.24.